The maximum Gasteiger partial charge on any atom is 0.123 e. The molecule has 2 rings (SSSR count). The average Bonchev–Trinajstić information content (AvgIpc) is 2.33. The molecular formula is C15H23FN2S. The Balaban J connectivity index is 2.26. The van der Waals surface area contributed by atoms with Crippen LogP contribution in [0.5, 0.6) is 0 Å². The van der Waals surface area contributed by atoms with Crippen LogP contribution in [0.3, 0.4) is 0 Å². The normalized spacial score (nSPS) is 26.4. The summed E-state index contributed by atoms with van der Waals surface area (Å²) in [5, 5.41) is 1.21. The lowest BCUT2D eigenvalue weighted by atomic mass is 9.99. The molecule has 0 amide bonds. The van der Waals surface area contributed by atoms with Crippen LogP contribution in [0.1, 0.15) is 31.0 Å². The minimum Gasteiger partial charge on any atom is -0.329 e. The lowest BCUT2D eigenvalue weighted by Crippen LogP contribution is -2.45. The van der Waals surface area contributed by atoms with E-state index < -0.39 is 0 Å². The maximum atomic E-state index is 13.5. The van der Waals surface area contributed by atoms with Gasteiger partial charge in [0.1, 0.15) is 5.82 Å². The number of nitrogens with two attached hydrogens (primary N) is 1. The number of aryl methyl sites for hydroxylation is 1. The number of nitrogens with zero attached hydrogens (tertiary/aromatic N) is 1. The molecule has 19 heavy (non-hydrogen) atoms. The zero-order chi connectivity index (χ0) is 14.0. The second-order valence-corrected chi connectivity index (χ2v) is 7.35. The van der Waals surface area contributed by atoms with Gasteiger partial charge in [0.25, 0.3) is 0 Å². The molecule has 3 atom stereocenters. The van der Waals surface area contributed by atoms with Gasteiger partial charge in [-0.25, -0.2) is 4.39 Å². The summed E-state index contributed by atoms with van der Waals surface area (Å²) in [7, 11) is 0. The Kier molecular flexibility index (Phi) is 4.87. The van der Waals surface area contributed by atoms with Gasteiger partial charge in [-0.2, -0.15) is 11.8 Å². The predicted octanol–water partition coefficient (Wildman–Crippen LogP) is 2.96. The SMILES string of the molecule is Cc1ccc(F)cc1C(CN)N1CC(C)SC(C)C1. The molecule has 1 aliphatic rings. The molecule has 1 aromatic rings. The number of hydrogen-bond donors (Lipinski definition) is 1. The molecule has 1 aromatic carbocycles. The van der Waals surface area contributed by atoms with Crippen molar-refractivity contribution in [2.24, 2.45) is 5.73 Å². The molecular weight excluding hydrogens is 259 g/mol. The first-order valence-corrected chi connectivity index (χ1v) is 7.81. The highest BCUT2D eigenvalue weighted by Gasteiger charge is 2.28. The van der Waals surface area contributed by atoms with E-state index in [1.165, 1.54) is 6.07 Å². The minimum absolute atomic E-state index is 0.126. The Morgan fingerprint density at radius 1 is 1.37 bits per heavy atom. The van der Waals surface area contributed by atoms with Crippen LogP contribution in [0.2, 0.25) is 0 Å². The first-order chi connectivity index (χ1) is 9.01. The molecule has 1 fully saturated rings. The van der Waals surface area contributed by atoms with Crippen molar-refractivity contribution in [3.05, 3.63) is 35.1 Å². The lowest BCUT2D eigenvalue weighted by molar-refractivity contribution is 0.198. The van der Waals surface area contributed by atoms with Gasteiger partial charge in [-0.05, 0) is 30.2 Å². The van der Waals surface area contributed by atoms with Crippen LogP contribution in [0.15, 0.2) is 18.2 Å². The molecule has 106 valence electrons. The van der Waals surface area contributed by atoms with Gasteiger partial charge in [-0.3, -0.25) is 4.90 Å². The molecule has 2 N–H and O–H groups in total. The summed E-state index contributed by atoms with van der Waals surface area (Å²) in [4.78, 5) is 2.41. The number of thioether (sulfide) groups is 1. The summed E-state index contributed by atoms with van der Waals surface area (Å²) in [5.41, 5.74) is 8.13. The van der Waals surface area contributed by atoms with E-state index in [1.54, 1.807) is 6.07 Å². The molecule has 0 radical (unpaired) electrons. The third-order valence-corrected chi connectivity index (χ3v) is 4.94. The Morgan fingerprint density at radius 2 is 2.00 bits per heavy atom. The van der Waals surface area contributed by atoms with Crippen molar-refractivity contribution in [3.63, 3.8) is 0 Å². The molecule has 1 heterocycles. The largest absolute Gasteiger partial charge is 0.329 e. The second-order valence-electron chi connectivity index (χ2n) is 5.46. The van der Waals surface area contributed by atoms with E-state index in [4.69, 9.17) is 5.73 Å². The summed E-state index contributed by atoms with van der Waals surface area (Å²) in [6, 6.07) is 5.13. The average molecular weight is 282 g/mol. The lowest BCUT2D eigenvalue weighted by Gasteiger charge is -2.40. The van der Waals surface area contributed by atoms with Crippen LogP contribution in [-0.4, -0.2) is 35.0 Å². The summed E-state index contributed by atoms with van der Waals surface area (Å²) in [6.45, 7) is 9.11. The summed E-state index contributed by atoms with van der Waals surface area (Å²) in [6.07, 6.45) is 0. The van der Waals surface area contributed by atoms with E-state index in [2.05, 4.69) is 18.7 Å². The van der Waals surface area contributed by atoms with Gasteiger partial charge in [-0.1, -0.05) is 19.9 Å². The highest BCUT2D eigenvalue weighted by molar-refractivity contribution is 8.00. The van der Waals surface area contributed by atoms with Gasteiger partial charge < -0.3 is 5.73 Å². The topological polar surface area (TPSA) is 29.3 Å². The van der Waals surface area contributed by atoms with Gasteiger partial charge >= 0.3 is 0 Å². The van der Waals surface area contributed by atoms with Crippen molar-refractivity contribution in [1.82, 2.24) is 4.90 Å². The smallest absolute Gasteiger partial charge is 0.123 e. The zero-order valence-electron chi connectivity index (χ0n) is 11.9. The molecule has 1 aliphatic heterocycles. The Labute approximate surface area is 119 Å². The van der Waals surface area contributed by atoms with E-state index in [1.807, 2.05) is 24.8 Å². The maximum absolute atomic E-state index is 13.5. The molecule has 0 spiro atoms. The van der Waals surface area contributed by atoms with Gasteiger partial charge in [0, 0.05) is 36.2 Å². The van der Waals surface area contributed by atoms with Crippen LogP contribution in [0, 0.1) is 12.7 Å². The minimum atomic E-state index is -0.175. The molecule has 2 nitrogen and oxygen atoms in total. The van der Waals surface area contributed by atoms with Crippen molar-refractivity contribution in [2.75, 3.05) is 19.6 Å². The van der Waals surface area contributed by atoms with Gasteiger partial charge in [0.15, 0.2) is 0 Å². The Morgan fingerprint density at radius 3 is 2.58 bits per heavy atom. The molecule has 0 bridgehead atoms. The van der Waals surface area contributed by atoms with E-state index >= 15 is 0 Å². The van der Waals surface area contributed by atoms with Crippen molar-refractivity contribution in [3.8, 4) is 0 Å². The third kappa shape index (κ3) is 3.50. The summed E-state index contributed by atoms with van der Waals surface area (Å²) < 4.78 is 13.5. The van der Waals surface area contributed by atoms with Crippen LogP contribution in [0.25, 0.3) is 0 Å². The third-order valence-electron chi connectivity index (χ3n) is 3.71. The summed E-state index contributed by atoms with van der Waals surface area (Å²) in [5.74, 6) is -0.175. The quantitative estimate of drug-likeness (QED) is 0.924. The number of rotatable bonds is 3. The van der Waals surface area contributed by atoms with Crippen molar-refractivity contribution in [2.45, 2.75) is 37.3 Å². The Bertz CT molecular complexity index is 428. The first kappa shape index (κ1) is 14.8. The summed E-state index contributed by atoms with van der Waals surface area (Å²) >= 11 is 2.02. The molecule has 3 unspecified atom stereocenters. The van der Waals surface area contributed by atoms with Crippen molar-refractivity contribution in [1.29, 1.82) is 0 Å². The second kappa shape index (κ2) is 6.25. The first-order valence-electron chi connectivity index (χ1n) is 6.87. The van der Waals surface area contributed by atoms with E-state index in [-0.39, 0.29) is 11.9 Å². The van der Waals surface area contributed by atoms with Gasteiger partial charge in [0.05, 0.1) is 0 Å². The monoisotopic (exact) mass is 282 g/mol. The van der Waals surface area contributed by atoms with Crippen LogP contribution >= 0.6 is 11.8 Å². The predicted molar refractivity (Wildman–Crippen MR) is 81.0 cm³/mol. The Hall–Kier alpha value is -0.580. The van der Waals surface area contributed by atoms with E-state index in [0.717, 1.165) is 24.2 Å². The molecule has 1 saturated heterocycles. The zero-order valence-corrected chi connectivity index (χ0v) is 12.7. The van der Waals surface area contributed by atoms with Gasteiger partial charge in [0.2, 0.25) is 0 Å². The fourth-order valence-corrected chi connectivity index (χ4v) is 4.26. The fraction of sp³-hybridized carbons (Fsp3) is 0.600. The molecule has 4 heteroatoms. The van der Waals surface area contributed by atoms with Crippen LogP contribution < -0.4 is 5.73 Å². The van der Waals surface area contributed by atoms with E-state index in [9.17, 15) is 4.39 Å². The van der Waals surface area contributed by atoms with Crippen molar-refractivity contribution >= 4 is 11.8 Å². The fourth-order valence-electron chi connectivity index (χ4n) is 2.92. The van der Waals surface area contributed by atoms with Crippen LogP contribution in [-0.2, 0) is 0 Å². The number of hydrogen-bond acceptors (Lipinski definition) is 3. The van der Waals surface area contributed by atoms with Crippen LogP contribution in [0.4, 0.5) is 4.39 Å². The number of halogens is 1. The number of benzene rings is 1. The van der Waals surface area contributed by atoms with Crippen molar-refractivity contribution < 1.29 is 4.39 Å². The van der Waals surface area contributed by atoms with Gasteiger partial charge in [-0.15, -0.1) is 0 Å². The molecule has 0 aromatic heterocycles. The molecule has 0 aliphatic carbocycles. The molecule has 0 saturated carbocycles. The highest BCUT2D eigenvalue weighted by Crippen LogP contribution is 2.31. The van der Waals surface area contributed by atoms with E-state index in [0.29, 0.717) is 17.0 Å². The standard InChI is InChI=1S/C15H23FN2S/c1-10-4-5-13(16)6-14(10)15(7-17)18-8-11(2)19-12(3)9-18/h4-6,11-12,15H,7-9,17H2,1-3H3. The highest BCUT2D eigenvalue weighted by atomic mass is 32.2.